The van der Waals surface area contributed by atoms with Gasteiger partial charge in [-0.2, -0.15) is 0 Å². The van der Waals surface area contributed by atoms with Gasteiger partial charge in [0.1, 0.15) is 5.75 Å². The Kier molecular flexibility index (Phi) is 7.87. The maximum Gasteiger partial charge on any atom is 0.223 e. The Morgan fingerprint density at radius 1 is 1.13 bits per heavy atom. The number of piperidine rings is 2. The molecule has 1 aromatic rings. The van der Waals surface area contributed by atoms with E-state index in [4.69, 9.17) is 16.3 Å². The lowest BCUT2D eigenvalue weighted by Gasteiger charge is -2.43. The summed E-state index contributed by atoms with van der Waals surface area (Å²) >= 11 is 6.29. The van der Waals surface area contributed by atoms with E-state index in [1.165, 1.54) is 0 Å². The number of likely N-dealkylation sites (tertiary alicyclic amines) is 2. The summed E-state index contributed by atoms with van der Waals surface area (Å²) in [7, 11) is 0. The van der Waals surface area contributed by atoms with Crippen molar-refractivity contribution in [1.82, 2.24) is 9.80 Å². The van der Waals surface area contributed by atoms with Gasteiger partial charge >= 0.3 is 0 Å². The molecule has 2 aliphatic rings. The molecule has 0 aromatic heterocycles. The highest BCUT2D eigenvalue weighted by Crippen LogP contribution is 2.36. The lowest BCUT2D eigenvalue weighted by atomic mass is 9.77. The van der Waals surface area contributed by atoms with Crippen LogP contribution < -0.4 is 4.74 Å². The van der Waals surface area contributed by atoms with Gasteiger partial charge in [-0.05, 0) is 62.8 Å². The summed E-state index contributed by atoms with van der Waals surface area (Å²) in [6.45, 7) is 8.60. The van der Waals surface area contributed by atoms with Crippen LogP contribution in [0, 0.1) is 19.3 Å². The van der Waals surface area contributed by atoms with Gasteiger partial charge in [0, 0.05) is 49.5 Å². The van der Waals surface area contributed by atoms with Gasteiger partial charge < -0.3 is 19.6 Å². The standard InChI is InChI=1S/C24H35ClN2O4/c1-4-21(29)27-9-5-8-24(15-27,14-22(30)26-10-6-19(28)7-11-26)16-31-20-12-17(2)23(25)18(3)13-20/h12-13,19,28H,4-11,14-16H2,1-3H3. The van der Waals surface area contributed by atoms with E-state index in [0.717, 1.165) is 41.3 Å². The van der Waals surface area contributed by atoms with Crippen molar-refractivity contribution in [2.45, 2.75) is 65.4 Å². The van der Waals surface area contributed by atoms with Crippen molar-refractivity contribution in [2.75, 3.05) is 32.8 Å². The summed E-state index contributed by atoms with van der Waals surface area (Å²) < 4.78 is 6.23. The van der Waals surface area contributed by atoms with Crippen LogP contribution >= 0.6 is 11.6 Å². The molecule has 2 saturated heterocycles. The first-order valence-electron chi connectivity index (χ1n) is 11.4. The molecular weight excluding hydrogens is 416 g/mol. The average Bonchev–Trinajstić information content (AvgIpc) is 2.76. The van der Waals surface area contributed by atoms with Crippen LogP contribution in [0.15, 0.2) is 12.1 Å². The minimum atomic E-state index is -0.419. The fourth-order valence-electron chi connectivity index (χ4n) is 4.73. The minimum Gasteiger partial charge on any atom is -0.493 e. The molecule has 2 fully saturated rings. The molecule has 172 valence electrons. The fourth-order valence-corrected chi connectivity index (χ4v) is 4.84. The van der Waals surface area contributed by atoms with E-state index in [2.05, 4.69) is 0 Å². The van der Waals surface area contributed by atoms with Crippen molar-refractivity contribution in [3.63, 3.8) is 0 Å². The highest BCUT2D eigenvalue weighted by molar-refractivity contribution is 6.32. The van der Waals surface area contributed by atoms with Gasteiger partial charge in [0.15, 0.2) is 0 Å². The molecular formula is C24H35ClN2O4. The van der Waals surface area contributed by atoms with Crippen LogP contribution in [0.1, 0.15) is 56.6 Å². The zero-order valence-electron chi connectivity index (χ0n) is 19.0. The minimum absolute atomic E-state index is 0.0877. The topological polar surface area (TPSA) is 70.1 Å². The number of nitrogens with zero attached hydrogens (tertiary/aromatic N) is 2. The second-order valence-corrected chi connectivity index (χ2v) is 9.60. The predicted octanol–water partition coefficient (Wildman–Crippen LogP) is 3.73. The zero-order chi connectivity index (χ0) is 22.6. The number of amides is 2. The first-order valence-corrected chi connectivity index (χ1v) is 11.7. The Hall–Kier alpha value is -1.79. The Morgan fingerprint density at radius 3 is 2.39 bits per heavy atom. The molecule has 31 heavy (non-hydrogen) atoms. The van der Waals surface area contributed by atoms with Crippen molar-refractivity contribution >= 4 is 23.4 Å². The Labute approximate surface area is 190 Å². The number of hydrogen-bond acceptors (Lipinski definition) is 4. The van der Waals surface area contributed by atoms with Crippen LogP contribution in [0.25, 0.3) is 0 Å². The van der Waals surface area contributed by atoms with Crippen molar-refractivity contribution in [3.8, 4) is 5.75 Å². The number of rotatable bonds is 6. The highest BCUT2D eigenvalue weighted by Gasteiger charge is 2.41. The Morgan fingerprint density at radius 2 is 1.77 bits per heavy atom. The monoisotopic (exact) mass is 450 g/mol. The number of aliphatic hydroxyl groups excluding tert-OH is 1. The quantitative estimate of drug-likeness (QED) is 0.716. The molecule has 1 aromatic carbocycles. The number of aryl methyl sites for hydroxylation is 2. The van der Waals surface area contributed by atoms with E-state index in [0.29, 0.717) is 51.9 Å². The summed E-state index contributed by atoms with van der Waals surface area (Å²) in [6, 6.07) is 3.85. The second kappa shape index (κ2) is 10.2. The van der Waals surface area contributed by atoms with Crippen LogP contribution in [0.3, 0.4) is 0 Å². The smallest absolute Gasteiger partial charge is 0.223 e. The molecule has 7 heteroatoms. The number of aliphatic hydroxyl groups is 1. The number of hydrogen-bond donors (Lipinski definition) is 1. The molecule has 1 N–H and O–H groups in total. The van der Waals surface area contributed by atoms with Gasteiger partial charge in [-0.1, -0.05) is 18.5 Å². The molecule has 0 radical (unpaired) electrons. The fraction of sp³-hybridized carbons (Fsp3) is 0.667. The SMILES string of the molecule is CCC(=O)N1CCCC(COc2cc(C)c(Cl)c(C)c2)(CC(=O)N2CCC(O)CC2)C1. The predicted molar refractivity (Wildman–Crippen MR) is 121 cm³/mol. The summed E-state index contributed by atoms with van der Waals surface area (Å²) in [4.78, 5) is 29.3. The third kappa shape index (κ3) is 5.92. The van der Waals surface area contributed by atoms with Gasteiger partial charge in [0.25, 0.3) is 0 Å². The van der Waals surface area contributed by atoms with E-state index in [1.807, 2.05) is 42.7 Å². The molecule has 1 unspecified atom stereocenters. The molecule has 6 nitrogen and oxygen atoms in total. The van der Waals surface area contributed by atoms with Crippen LogP contribution in [0.4, 0.5) is 0 Å². The van der Waals surface area contributed by atoms with Crippen molar-refractivity contribution in [1.29, 1.82) is 0 Å². The molecule has 0 saturated carbocycles. The number of halogens is 1. The molecule has 2 aliphatic heterocycles. The average molecular weight is 451 g/mol. The lowest BCUT2D eigenvalue weighted by Crippen LogP contribution is -2.51. The molecule has 2 amide bonds. The van der Waals surface area contributed by atoms with E-state index in [9.17, 15) is 14.7 Å². The number of carbonyl (C=O) groups excluding carboxylic acids is 2. The third-order valence-electron chi connectivity index (χ3n) is 6.61. The molecule has 0 aliphatic carbocycles. The zero-order valence-corrected chi connectivity index (χ0v) is 19.7. The Balaban J connectivity index is 1.77. The molecule has 2 heterocycles. The van der Waals surface area contributed by atoms with Crippen molar-refractivity contribution in [3.05, 3.63) is 28.3 Å². The van der Waals surface area contributed by atoms with E-state index in [1.54, 1.807) is 0 Å². The lowest BCUT2D eigenvalue weighted by molar-refractivity contribution is -0.142. The number of carbonyl (C=O) groups is 2. The van der Waals surface area contributed by atoms with Crippen LogP contribution in [0.2, 0.25) is 5.02 Å². The maximum atomic E-state index is 13.2. The van der Waals surface area contributed by atoms with E-state index >= 15 is 0 Å². The van der Waals surface area contributed by atoms with Gasteiger partial charge in [-0.15, -0.1) is 0 Å². The van der Waals surface area contributed by atoms with Crippen LogP contribution in [0.5, 0.6) is 5.75 Å². The van der Waals surface area contributed by atoms with Gasteiger partial charge in [-0.25, -0.2) is 0 Å². The normalized spacial score (nSPS) is 22.5. The van der Waals surface area contributed by atoms with Gasteiger partial charge in [-0.3, -0.25) is 9.59 Å². The molecule has 0 bridgehead atoms. The summed E-state index contributed by atoms with van der Waals surface area (Å²) in [5.74, 6) is 0.951. The number of benzene rings is 1. The van der Waals surface area contributed by atoms with Gasteiger partial charge in [0.2, 0.25) is 11.8 Å². The van der Waals surface area contributed by atoms with Crippen molar-refractivity contribution < 1.29 is 19.4 Å². The summed E-state index contributed by atoms with van der Waals surface area (Å²) in [5.41, 5.74) is 1.50. The maximum absolute atomic E-state index is 13.2. The van der Waals surface area contributed by atoms with E-state index < -0.39 is 5.41 Å². The first kappa shape index (κ1) is 23.9. The number of ether oxygens (including phenoxy) is 1. The summed E-state index contributed by atoms with van der Waals surface area (Å²) in [5, 5.41) is 10.5. The summed E-state index contributed by atoms with van der Waals surface area (Å²) in [6.07, 6.45) is 3.45. The second-order valence-electron chi connectivity index (χ2n) is 9.22. The first-order chi connectivity index (χ1) is 14.7. The van der Waals surface area contributed by atoms with Crippen LogP contribution in [-0.4, -0.2) is 65.6 Å². The Bertz CT molecular complexity index is 784. The van der Waals surface area contributed by atoms with Crippen molar-refractivity contribution in [2.24, 2.45) is 5.41 Å². The van der Waals surface area contributed by atoms with E-state index in [-0.39, 0.29) is 17.9 Å². The van der Waals surface area contributed by atoms with Crippen LogP contribution in [-0.2, 0) is 9.59 Å². The largest absolute Gasteiger partial charge is 0.493 e. The van der Waals surface area contributed by atoms with Gasteiger partial charge in [0.05, 0.1) is 12.7 Å². The third-order valence-corrected chi connectivity index (χ3v) is 7.21. The molecule has 3 rings (SSSR count). The molecule has 0 spiro atoms. The molecule has 1 atom stereocenters. The highest BCUT2D eigenvalue weighted by atomic mass is 35.5.